The first-order chi connectivity index (χ1) is 7.85. The van der Waals surface area contributed by atoms with E-state index >= 15 is 0 Å². The van der Waals surface area contributed by atoms with Gasteiger partial charge >= 0.3 is 0 Å². The van der Waals surface area contributed by atoms with Gasteiger partial charge in [-0.3, -0.25) is 0 Å². The van der Waals surface area contributed by atoms with Crippen molar-refractivity contribution >= 4 is 17.4 Å². The van der Waals surface area contributed by atoms with Crippen LogP contribution in [0.3, 0.4) is 0 Å². The second-order valence-corrected chi connectivity index (χ2v) is 4.19. The quantitative estimate of drug-likeness (QED) is 0.800. The van der Waals surface area contributed by atoms with Gasteiger partial charge in [0.2, 0.25) is 0 Å². The van der Waals surface area contributed by atoms with Crippen LogP contribution in [0.15, 0.2) is 35.9 Å². The number of ether oxygens (including phenoxy) is 1. The lowest BCUT2D eigenvalue weighted by molar-refractivity contribution is 0.415. The van der Waals surface area contributed by atoms with Gasteiger partial charge in [-0.25, -0.2) is 4.98 Å². The summed E-state index contributed by atoms with van der Waals surface area (Å²) in [4.78, 5) is 4.33. The van der Waals surface area contributed by atoms with Crippen LogP contribution >= 0.6 is 11.3 Å². The SMILES string of the molecule is C/C=C/c1cc(OC)ccc1-c1nccs1. The van der Waals surface area contributed by atoms with E-state index in [2.05, 4.69) is 11.1 Å². The van der Waals surface area contributed by atoms with Gasteiger partial charge in [0.25, 0.3) is 0 Å². The highest BCUT2D eigenvalue weighted by Gasteiger charge is 2.06. The molecule has 0 saturated carbocycles. The van der Waals surface area contributed by atoms with Crippen molar-refractivity contribution < 1.29 is 4.74 Å². The highest BCUT2D eigenvalue weighted by Crippen LogP contribution is 2.29. The molecule has 0 fully saturated rings. The van der Waals surface area contributed by atoms with Gasteiger partial charge in [0.15, 0.2) is 0 Å². The van der Waals surface area contributed by atoms with E-state index in [9.17, 15) is 0 Å². The zero-order valence-corrected chi connectivity index (χ0v) is 10.1. The van der Waals surface area contributed by atoms with Crippen LogP contribution in [-0.2, 0) is 0 Å². The molecule has 82 valence electrons. The Morgan fingerprint density at radius 1 is 1.38 bits per heavy atom. The van der Waals surface area contributed by atoms with Gasteiger partial charge in [0.1, 0.15) is 10.8 Å². The molecule has 1 heterocycles. The van der Waals surface area contributed by atoms with Crippen molar-refractivity contribution in [3.05, 3.63) is 41.4 Å². The molecule has 0 aliphatic rings. The van der Waals surface area contributed by atoms with E-state index in [0.29, 0.717) is 0 Å². The summed E-state index contributed by atoms with van der Waals surface area (Å²) in [7, 11) is 1.68. The largest absolute Gasteiger partial charge is 0.497 e. The molecule has 0 saturated heterocycles. The predicted molar refractivity (Wildman–Crippen MR) is 68.8 cm³/mol. The van der Waals surface area contributed by atoms with Gasteiger partial charge in [0, 0.05) is 17.1 Å². The average molecular weight is 231 g/mol. The Morgan fingerprint density at radius 2 is 2.25 bits per heavy atom. The van der Waals surface area contributed by atoms with Crippen LogP contribution in [0.5, 0.6) is 5.75 Å². The van der Waals surface area contributed by atoms with E-state index in [4.69, 9.17) is 4.74 Å². The topological polar surface area (TPSA) is 22.1 Å². The number of methoxy groups -OCH3 is 1. The molecule has 1 aromatic carbocycles. The molecule has 0 N–H and O–H groups in total. The van der Waals surface area contributed by atoms with Crippen LogP contribution in [0.1, 0.15) is 12.5 Å². The Labute approximate surface area is 99.2 Å². The molecular formula is C13H13NOS. The van der Waals surface area contributed by atoms with Crippen molar-refractivity contribution in [2.24, 2.45) is 0 Å². The number of benzene rings is 1. The van der Waals surface area contributed by atoms with Crippen molar-refractivity contribution in [1.29, 1.82) is 0 Å². The van der Waals surface area contributed by atoms with E-state index in [1.807, 2.05) is 42.8 Å². The zero-order valence-electron chi connectivity index (χ0n) is 9.31. The van der Waals surface area contributed by atoms with Gasteiger partial charge in [-0.1, -0.05) is 12.2 Å². The lowest BCUT2D eigenvalue weighted by atomic mass is 10.1. The minimum absolute atomic E-state index is 0.869. The predicted octanol–water partition coefficient (Wildman–Crippen LogP) is 3.85. The van der Waals surface area contributed by atoms with Gasteiger partial charge < -0.3 is 4.74 Å². The fourth-order valence-electron chi connectivity index (χ4n) is 1.54. The molecule has 0 bridgehead atoms. The maximum Gasteiger partial charge on any atom is 0.123 e. The van der Waals surface area contributed by atoms with Crippen LogP contribution in [0, 0.1) is 0 Å². The summed E-state index contributed by atoms with van der Waals surface area (Å²) in [5.74, 6) is 0.869. The number of allylic oxidation sites excluding steroid dienone is 1. The Balaban J connectivity index is 2.52. The van der Waals surface area contributed by atoms with E-state index < -0.39 is 0 Å². The van der Waals surface area contributed by atoms with E-state index in [-0.39, 0.29) is 0 Å². The highest BCUT2D eigenvalue weighted by atomic mass is 32.1. The van der Waals surface area contributed by atoms with Crippen LogP contribution in [0.25, 0.3) is 16.6 Å². The van der Waals surface area contributed by atoms with Crippen LogP contribution in [0.4, 0.5) is 0 Å². The average Bonchev–Trinajstić information content (AvgIpc) is 2.83. The third kappa shape index (κ3) is 2.14. The van der Waals surface area contributed by atoms with Gasteiger partial charge in [0.05, 0.1) is 7.11 Å². The minimum Gasteiger partial charge on any atom is -0.497 e. The molecule has 0 unspecified atom stereocenters. The minimum atomic E-state index is 0.869. The van der Waals surface area contributed by atoms with Crippen LogP contribution < -0.4 is 4.74 Å². The molecule has 2 rings (SSSR count). The third-order valence-electron chi connectivity index (χ3n) is 2.27. The highest BCUT2D eigenvalue weighted by molar-refractivity contribution is 7.13. The summed E-state index contributed by atoms with van der Waals surface area (Å²) in [5.41, 5.74) is 2.28. The lowest BCUT2D eigenvalue weighted by Crippen LogP contribution is -1.87. The molecule has 0 aliphatic carbocycles. The molecule has 1 aromatic heterocycles. The first kappa shape index (κ1) is 10.9. The number of hydrogen-bond donors (Lipinski definition) is 0. The normalized spacial score (nSPS) is 10.9. The van der Waals surface area contributed by atoms with Gasteiger partial charge in [-0.2, -0.15) is 0 Å². The Bertz CT molecular complexity index is 489. The standard InChI is InChI=1S/C13H13NOS/c1-3-4-10-9-11(15-2)5-6-12(10)13-14-7-8-16-13/h3-9H,1-2H3/b4-3+. The second kappa shape index (κ2) is 4.94. The van der Waals surface area contributed by atoms with Crippen molar-refractivity contribution in [2.75, 3.05) is 7.11 Å². The lowest BCUT2D eigenvalue weighted by Gasteiger charge is -2.06. The zero-order chi connectivity index (χ0) is 11.4. The molecule has 16 heavy (non-hydrogen) atoms. The maximum atomic E-state index is 5.22. The molecule has 3 heteroatoms. The summed E-state index contributed by atoms with van der Waals surface area (Å²) in [5, 5.41) is 3.02. The maximum absolute atomic E-state index is 5.22. The molecule has 0 aliphatic heterocycles. The molecule has 0 radical (unpaired) electrons. The number of rotatable bonds is 3. The Morgan fingerprint density at radius 3 is 2.88 bits per heavy atom. The van der Waals surface area contributed by atoms with Crippen molar-refractivity contribution in [1.82, 2.24) is 4.98 Å². The smallest absolute Gasteiger partial charge is 0.123 e. The molecule has 2 aromatic rings. The Hall–Kier alpha value is -1.61. The second-order valence-electron chi connectivity index (χ2n) is 3.29. The summed E-state index contributed by atoms with van der Waals surface area (Å²) in [6.45, 7) is 2.01. The van der Waals surface area contributed by atoms with Crippen molar-refractivity contribution in [3.8, 4) is 16.3 Å². The summed E-state index contributed by atoms with van der Waals surface area (Å²) >= 11 is 1.64. The van der Waals surface area contributed by atoms with Crippen LogP contribution in [0.2, 0.25) is 0 Å². The number of nitrogens with zero attached hydrogens (tertiary/aromatic N) is 1. The number of aromatic nitrogens is 1. The summed E-state index contributed by atoms with van der Waals surface area (Å²) < 4.78 is 5.22. The fourth-order valence-corrected chi connectivity index (χ4v) is 2.22. The number of thiazole rings is 1. The monoisotopic (exact) mass is 231 g/mol. The molecule has 2 nitrogen and oxygen atoms in total. The van der Waals surface area contributed by atoms with Crippen molar-refractivity contribution in [2.45, 2.75) is 6.92 Å². The molecular weight excluding hydrogens is 218 g/mol. The fraction of sp³-hybridized carbons (Fsp3) is 0.154. The van der Waals surface area contributed by atoms with Crippen LogP contribution in [-0.4, -0.2) is 12.1 Å². The number of hydrogen-bond acceptors (Lipinski definition) is 3. The molecule has 0 atom stereocenters. The van der Waals surface area contributed by atoms with E-state index in [0.717, 1.165) is 21.9 Å². The van der Waals surface area contributed by atoms with E-state index in [1.54, 1.807) is 18.4 Å². The van der Waals surface area contributed by atoms with Gasteiger partial charge in [-0.15, -0.1) is 11.3 Å². The van der Waals surface area contributed by atoms with E-state index in [1.165, 1.54) is 0 Å². The first-order valence-corrected chi connectivity index (χ1v) is 5.93. The summed E-state index contributed by atoms with van der Waals surface area (Å²) in [6, 6.07) is 6.04. The third-order valence-corrected chi connectivity index (χ3v) is 3.07. The molecule has 0 spiro atoms. The van der Waals surface area contributed by atoms with Crippen molar-refractivity contribution in [3.63, 3.8) is 0 Å². The Kier molecular flexibility index (Phi) is 3.37. The van der Waals surface area contributed by atoms with Gasteiger partial charge in [-0.05, 0) is 30.7 Å². The summed E-state index contributed by atoms with van der Waals surface area (Å²) in [6.07, 6.45) is 5.91. The molecule has 0 amide bonds. The first-order valence-electron chi connectivity index (χ1n) is 5.05.